The van der Waals surface area contributed by atoms with Crippen LogP contribution in [0, 0.1) is 0 Å². The molecule has 1 unspecified atom stereocenters. The molecule has 1 aliphatic rings. The minimum Gasteiger partial charge on any atom is -0.462 e. The van der Waals surface area contributed by atoms with E-state index in [-0.39, 0.29) is 17.9 Å². The minimum absolute atomic E-state index is 0.0781. The normalized spacial score (nSPS) is 19.5. The second-order valence-electron chi connectivity index (χ2n) is 7.19. The molecule has 0 fully saturated rings. The zero-order valence-electron chi connectivity index (χ0n) is 15.4. The number of ether oxygens (including phenoxy) is 2. The van der Waals surface area contributed by atoms with Crippen molar-refractivity contribution < 1.29 is 19.1 Å². The Bertz CT molecular complexity index is 660. The first-order chi connectivity index (χ1) is 11.7. The van der Waals surface area contributed by atoms with Gasteiger partial charge in [0.2, 0.25) is 0 Å². The highest BCUT2D eigenvalue weighted by Gasteiger charge is 2.30. The molecule has 0 aromatic heterocycles. The van der Waals surface area contributed by atoms with Gasteiger partial charge < -0.3 is 14.8 Å². The molecule has 1 amide bonds. The van der Waals surface area contributed by atoms with Gasteiger partial charge in [0.1, 0.15) is 5.60 Å². The van der Waals surface area contributed by atoms with Crippen LogP contribution in [-0.4, -0.2) is 30.3 Å². The zero-order chi connectivity index (χ0) is 18.6. The van der Waals surface area contributed by atoms with Gasteiger partial charge in [0.15, 0.2) is 0 Å². The molecule has 1 aromatic rings. The quantitative estimate of drug-likeness (QED) is 0.662. The predicted molar refractivity (Wildman–Crippen MR) is 96.8 cm³/mol. The molecule has 0 radical (unpaired) electrons. The van der Waals surface area contributed by atoms with Gasteiger partial charge in [-0.15, -0.1) is 6.58 Å². The number of benzene rings is 1. The lowest BCUT2D eigenvalue weighted by Gasteiger charge is -2.33. The van der Waals surface area contributed by atoms with E-state index < -0.39 is 11.7 Å². The Morgan fingerprint density at radius 1 is 1.36 bits per heavy atom. The molecule has 5 nitrogen and oxygen atoms in total. The topological polar surface area (TPSA) is 64.6 Å². The number of alkyl carbamates (subject to hydrolysis) is 1. The smallest absolute Gasteiger partial charge is 0.407 e. The Balaban J connectivity index is 2.21. The number of amides is 1. The van der Waals surface area contributed by atoms with Crippen LogP contribution >= 0.6 is 0 Å². The molecule has 2 rings (SSSR count). The van der Waals surface area contributed by atoms with E-state index in [0.717, 1.165) is 18.4 Å². The van der Waals surface area contributed by atoms with Crippen LogP contribution in [0.25, 0.3) is 0 Å². The van der Waals surface area contributed by atoms with Gasteiger partial charge in [-0.3, -0.25) is 0 Å². The van der Waals surface area contributed by atoms with Gasteiger partial charge in [-0.05, 0) is 63.8 Å². The molecular formula is C20H27NO4. The fourth-order valence-electron chi connectivity index (χ4n) is 3.09. The highest BCUT2D eigenvalue weighted by atomic mass is 16.6. The van der Waals surface area contributed by atoms with Crippen molar-refractivity contribution in [2.75, 3.05) is 6.61 Å². The van der Waals surface area contributed by atoms with Crippen molar-refractivity contribution in [2.24, 2.45) is 0 Å². The Kier molecular flexibility index (Phi) is 5.88. The lowest BCUT2D eigenvalue weighted by molar-refractivity contribution is 0.0490. The number of fused-ring (bicyclic) bond motifs is 1. The SMILES string of the molecule is C=CC1c2cc(C(=O)OCC)ccc2CC[C@@H]1NC(=O)OC(C)(C)C. The molecule has 0 aliphatic heterocycles. The molecule has 0 spiro atoms. The lowest BCUT2D eigenvalue weighted by atomic mass is 9.78. The zero-order valence-corrected chi connectivity index (χ0v) is 15.4. The van der Waals surface area contributed by atoms with Crippen LogP contribution < -0.4 is 5.32 Å². The van der Waals surface area contributed by atoms with Crippen LogP contribution in [-0.2, 0) is 15.9 Å². The number of carbonyl (C=O) groups excluding carboxylic acids is 2. The summed E-state index contributed by atoms with van der Waals surface area (Å²) in [5.74, 6) is -0.416. The first-order valence-electron chi connectivity index (χ1n) is 8.67. The average Bonchev–Trinajstić information content (AvgIpc) is 2.52. The molecule has 0 saturated heterocycles. The number of hydrogen-bond donors (Lipinski definition) is 1. The number of nitrogens with one attached hydrogen (secondary N) is 1. The van der Waals surface area contributed by atoms with Crippen molar-refractivity contribution in [3.63, 3.8) is 0 Å². The van der Waals surface area contributed by atoms with Gasteiger partial charge in [0.25, 0.3) is 0 Å². The van der Waals surface area contributed by atoms with E-state index in [4.69, 9.17) is 9.47 Å². The average molecular weight is 345 g/mol. The van der Waals surface area contributed by atoms with E-state index in [0.29, 0.717) is 12.2 Å². The molecule has 0 bridgehead atoms. The molecule has 2 atom stereocenters. The van der Waals surface area contributed by atoms with E-state index in [1.165, 1.54) is 5.56 Å². The summed E-state index contributed by atoms with van der Waals surface area (Å²) in [4.78, 5) is 24.1. The molecule has 0 saturated carbocycles. The van der Waals surface area contributed by atoms with E-state index in [1.807, 2.05) is 39.0 Å². The van der Waals surface area contributed by atoms with E-state index in [9.17, 15) is 9.59 Å². The summed E-state index contributed by atoms with van der Waals surface area (Å²) in [6.07, 6.45) is 2.99. The van der Waals surface area contributed by atoms with Crippen LogP contribution in [0.15, 0.2) is 30.9 Å². The monoisotopic (exact) mass is 345 g/mol. The van der Waals surface area contributed by atoms with E-state index >= 15 is 0 Å². The summed E-state index contributed by atoms with van der Waals surface area (Å²) in [5, 5.41) is 2.94. The number of aryl methyl sites for hydroxylation is 1. The number of rotatable bonds is 4. The largest absolute Gasteiger partial charge is 0.462 e. The van der Waals surface area contributed by atoms with E-state index in [2.05, 4.69) is 11.9 Å². The summed E-state index contributed by atoms with van der Waals surface area (Å²) in [6, 6.07) is 5.49. The van der Waals surface area contributed by atoms with Crippen molar-refractivity contribution in [3.05, 3.63) is 47.5 Å². The first-order valence-corrected chi connectivity index (χ1v) is 8.67. The van der Waals surface area contributed by atoms with Gasteiger partial charge in [-0.2, -0.15) is 0 Å². The van der Waals surface area contributed by atoms with Gasteiger partial charge in [-0.25, -0.2) is 9.59 Å². The second kappa shape index (κ2) is 7.72. The van der Waals surface area contributed by atoms with Crippen LogP contribution in [0.4, 0.5) is 4.79 Å². The summed E-state index contributed by atoms with van der Waals surface area (Å²) >= 11 is 0. The predicted octanol–water partition coefficient (Wildman–Crippen LogP) is 3.97. The second-order valence-corrected chi connectivity index (χ2v) is 7.19. The van der Waals surface area contributed by atoms with Crippen LogP contribution in [0.5, 0.6) is 0 Å². The Morgan fingerprint density at radius 2 is 2.08 bits per heavy atom. The first kappa shape index (κ1) is 19.0. The van der Waals surface area contributed by atoms with Gasteiger partial charge in [-0.1, -0.05) is 12.1 Å². The number of esters is 1. The van der Waals surface area contributed by atoms with Crippen LogP contribution in [0.3, 0.4) is 0 Å². The van der Waals surface area contributed by atoms with E-state index in [1.54, 1.807) is 13.0 Å². The standard InChI is InChI=1S/C20H27NO4/c1-6-15-16-12-14(18(22)24-7-2)9-8-13(16)10-11-17(15)21-19(23)25-20(3,4)5/h6,8-9,12,15,17H,1,7,10-11H2,2-5H3,(H,21,23)/t15?,17-/m0/s1. The third-order valence-corrected chi connectivity index (χ3v) is 4.13. The van der Waals surface area contributed by atoms with Crippen molar-refractivity contribution in [1.29, 1.82) is 0 Å². The molecule has 25 heavy (non-hydrogen) atoms. The van der Waals surface area contributed by atoms with Gasteiger partial charge in [0.05, 0.1) is 12.2 Å². The fraction of sp³-hybridized carbons (Fsp3) is 0.500. The maximum Gasteiger partial charge on any atom is 0.407 e. The summed E-state index contributed by atoms with van der Waals surface area (Å²) in [7, 11) is 0. The molecular weight excluding hydrogens is 318 g/mol. The molecule has 136 valence electrons. The van der Waals surface area contributed by atoms with Gasteiger partial charge in [0, 0.05) is 12.0 Å². The third kappa shape index (κ3) is 4.84. The Labute approximate surface area is 149 Å². The Morgan fingerprint density at radius 3 is 2.68 bits per heavy atom. The molecule has 1 aromatic carbocycles. The molecule has 1 N–H and O–H groups in total. The van der Waals surface area contributed by atoms with Crippen molar-refractivity contribution in [3.8, 4) is 0 Å². The summed E-state index contributed by atoms with van der Waals surface area (Å²) in [6.45, 7) is 11.5. The van der Waals surface area contributed by atoms with Gasteiger partial charge >= 0.3 is 12.1 Å². The maximum absolute atomic E-state index is 12.1. The lowest BCUT2D eigenvalue weighted by Crippen LogP contribution is -2.43. The third-order valence-electron chi connectivity index (χ3n) is 4.13. The molecule has 5 heteroatoms. The molecule has 0 heterocycles. The van der Waals surface area contributed by atoms with Crippen molar-refractivity contribution in [1.82, 2.24) is 5.32 Å². The summed E-state index contributed by atoms with van der Waals surface area (Å²) in [5.41, 5.74) is 2.15. The number of carbonyl (C=O) groups is 2. The highest BCUT2D eigenvalue weighted by Crippen LogP contribution is 2.33. The van der Waals surface area contributed by atoms with Crippen LogP contribution in [0.1, 0.15) is 61.5 Å². The fourth-order valence-corrected chi connectivity index (χ4v) is 3.09. The highest BCUT2D eigenvalue weighted by molar-refractivity contribution is 5.89. The molecule has 1 aliphatic carbocycles. The van der Waals surface area contributed by atoms with Crippen LogP contribution in [0.2, 0.25) is 0 Å². The number of hydrogen-bond acceptors (Lipinski definition) is 4. The van der Waals surface area contributed by atoms with Crippen molar-refractivity contribution in [2.45, 2.75) is 58.1 Å². The Hall–Kier alpha value is -2.30. The van der Waals surface area contributed by atoms with Crippen molar-refractivity contribution >= 4 is 12.1 Å². The summed E-state index contributed by atoms with van der Waals surface area (Å²) < 4.78 is 10.4. The minimum atomic E-state index is -0.544. The maximum atomic E-state index is 12.1.